The molecule has 1 amide bonds. The van der Waals surface area contributed by atoms with Crippen LogP contribution in [0.15, 0.2) is 34.9 Å². The molecule has 28 heavy (non-hydrogen) atoms. The summed E-state index contributed by atoms with van der Waals surface area (Å²) in [5, 5.41) is 4.38. The molecule has 0 unspecified atom stereocenters. The van der Waals surface area contributed by atoms with Gasteiger partial charge in [-0.2, -0.15) is 0 Å². The first-order chi connectivity index (χ1) is 13.7. The lowest BCUT2D eigenvalue weighted by Crippen LogP contribution is -2.41. The highest BCUT2D eigenvalue weighted by atomic mass is 16.5. The van der Waals surface area contributed by atoms with Crippen molar-refractivity contribution in [3.8, 4) is 11.3 Å². The summed E-state index contributed by atoms with van der Waals surface area (Å²) < 4.78 is 16.4. The predicted octanol–water partition coefficient (Wildman–Crippen LogP) is 2.95. The molecule has 1 aromatic heterocycles. The van der Waals surface area contributed by atoms with Crippen molar-refractivity contribution in [2.24, 2.45) is 0 Å². The van der Waals surface area contributed by atoms with Crippen LogP contribution in [0.25, 0.3) is 11.3 Å². The average Bonchev–Trinajstić information content (AvgIpc) is 3.16. The Morgan fingerprint density at radius 3 is 2.64 bits per heavy atom. The summed E-state index contributed by atoms with van der Waals surface area (Å²) in [5.41, 5.74) is 2.68. The van der Waals surface area contributed by atoms with E-state index in [1.165, 1.54) is 0 Å². The van der Waals surface area contributed by atoms with Gasteiger partial charge in [-0.3, -0.25) is 4.79 Å². The lowest BCUT2D eigenvalue weighted by atomic mass is 10.1. The van der Waals surface area contributed by atoms with Crippen LogP contribution in [0.4, 0.5) is 5.88 Å². The van der Waals surface area contributed by atoms with Crippen LogP contribution in [-0.2, 0) is 20.8 Å². The predicted molar refractivity (Wildman–Crippen MR) is 107 cm³/mol. The van der Waals surface area contributed by atoms with Gasteiger partial charge in [0.25, 0.3) is 0 Å². The Balaban J connectivity index is 1.99. The van der Waals surface area contributed by atoms with E-state index < -0.39 is 0 Å². The number of carbonyl (C=O) groups is 1. The Morgan fingerprint density at radius 2 is 2.00 bits per heavy atom. The number of benzene rings is 1. The van der Waals surface area contributed by atoms with Crippen LogP contribution in [0.3, 0.4) is 0 Å². The Bertz CT molecular complexity index is 756. The van der Waals surface area contributed by atoms with Gasteiger partial charge in [0, 0.05) is 31.8 Å². The van der Waals surface area contributed by atoms with Crippen LogP contribution >= 0.6 is 0 Å². The molecule has 0 N–H and O–H groups in total. The highest BCUT2D eigenvalue weighted by molar-refractivity contribution is 5.78. The lowest BCUT2D eigenvalue weighted by Gasteiger charge is -2.31. The number of hydrogen-bond donors (Lipinski definition) is 0. The molecule has 1 atom stereocenters. The van der Waals surface area contributed by atoms with Crippen molar-refractivity contribution in [2.75, 3.05) is 44.9 Å². The van der Waals surface area contributed by atoms with E-state index in [2.05, 4.69) is 23.9 Å². The van der Waals surface area contributed by atoms with E-state index in [-0.39, 0.29) is 18.6 Å². The smallest absolute Gasteiger partial charge is 0.249 e. The van der Waals surface area contributed by atoms with Crippen molar-refractivity contribution < 1.29 is 18.8 Å². The third-order valence-corrected chi connectivity index (χ3v) is 5.15. The number of anilines is 1. The molecule has 0 aliphatic carbocycles. The number of methoxy groups -OCH3 is 1. The van der Waals surface area contributed by atoms with Crippen molar-refractivity contribution in [2.45, 2.75) is 32.9 Å². The molecular formula is C21H29N3O4. The Morgan fingerprint density at radius 1 is 1.29 bits per heavy atom. The molecule has 1 aromatic carbocycles. The molecule has 0 radical (unpaired) electrons. The van der Waals surface area contributed by atoms with Crippen LogP contribution in [0, 0.1) is 0 Å². The maximum atomic E-state index is 12.7. The van der Waals surface area contributed by atoms with Crippen molar-refractivity contribution in [1.29, 1.82) is 0 Å². The maximum Gasteiger partial charge on any atom is 0.249 e. The van der Waals surface area contributed by atoms with Crippen molar-refractivity contribution >= 4 is 11.8 Å². The number of amides is 1. The highest BCUT2D eigenvalue weighted by Crippen LogP contribution is 2.33. The van der Waals surface area contributed by atoms with Gasteiger partial charge >= 0.3 is 0 Å². The largest absolute Gasteiger partial charge is 0.378 e. The molecule has 0 saturated carbocycles. The quantitative estimate of drug-likeness (QED) is 0.694. The third kappa shape index (κ3) is 4.54. The minimum atomic E-state index is -0.0370. The van der Waals surface area contributed by atoms with Gasteiger partial charge in [0.05, 0.1) is 25.3 Å². The van der Waals surface area contributed by atoms with Gasteiger partial charge in [0.1, 0.15) is 12.3 Å². The standard InChI is InChI=1S/C21H29N3O4/c1-4-16(2)24(19(25)15-26-3)14-18-20(17-8-6-5-7-9-17)22-28-21(18)23-10-12-27-13-11-23/h5-9,16H,4,10-15H2,1-3H3/t16-/m0/s1. The van der Waals surface area contributed by atoms with Crippen LogP contribution in [-0.4, -0.2) is 62.0 Å². The zero-order valence-electron chi connectivity index (χ0n) is 16.9. The number of rotatable bonds is 8. The summed E-state index contributed by atoms with van der Waals surface area (Å²) in [6.07, 6.45) is 0.855. The van der Waals surface area contributed by atoms with Crippen molar-refractivity contribution in [1.82, 2.24) is 10.1 Å². The minimum absolute atomic E-state index is 0.0370. The number of nitrogens with zero attached hydrogens (tertiary/aromatic N) is 3. The van der Waals surface area contributed by atoms with Gasteiger partial charge in [-0.15, -0.1) is 0 Å². The minimum Gasteiger partial charge on any atom is -0.378 e. The molecule has 1 aliphatic heterocycles. The molecule has 1 saturated heterocycles. The van der Waals surface area contributed by atoms with Crippen LogP contribution in [0.1, 0.15) is 25.8 Å². The molecule has 1 fully saturated rings. The number of aromatic nitrogens is 1. The average molecular weight is 387 g/mol. The Kier molecular flexibility index (Phi) is 7.06. The van der Waals surface area contributed by atoms with Gasteiger partial charge in [-0.25, -0.2) is 0 Å². The molecule has 2 heterocycles. The molecule has 0 spiro atoms. The van der Waals surface area contributed by atoms with E-state index in [0.29, 0.717) is 19.8 Å². The van der Waals surface area contributed by atoms with Crippen molar-refractivity contribution in [3.05, 3.63) is 35.9 Å². The summed E-state index contributed by atoms with van der Waals surface area (Å²) in [7, 11) is 1.54. The summed E-state index contributed by atoms with van der Waals surface area (Å²) in [6, 6.07) is 10.0. The van der Waals surface area contributed by atoms with E-state index in [4.69, 9.17) is 14.0 Å². The SMILES string of the molecule is CC[C@H](C)N(Cc1c(-c2ccccc2)noc1N1CCOCC1)C(=O)COC. The number of morpholine rings is 1. The molecule has 7 heteroatoms. The molecule has 2 aromatic rings. The number of carbonyl (C=O) groups excluding carboxylic acids is 1. The molecule has 152 valence electrons. The third-order valence-electron chi connectivity index (χ3n) is 5.15. The normalized spacial score (nSPS) is 15.5. The second kappa shape index (κ2) is 9.71. The molecule has 7 nitrogen and oxygen atoms in total. The summed E-state index contributed by atoms with van der Waals surface area (Å²) >= 11 is 0. The first-order valence-corrected chi connectivity index (χ1v) is 9.80. The maximum absolute atomic E-state index is 12.7. The van der Waals surface area contributed by atoms with E-state index in [1.807, 2.05) is 35.2 Å². The van der Waals surface area contributed by atoms with Crippen LogP contribution in [0.2, 0.25) is 0 Å². The van der Waals surface area contributed by atoms with E-state index in [9.17, 15) is 4.79 Å². The molecule has 1 aliphatic rings. The Labute approximate surface area is 166 Å². The second-order valence-electron chi connectivity index (χ2n) is 6.99. The van der Waals surface area contributed by atoms with Gasteiger partial charge in [0.15, 0.2) is 0 Å². The first-order valence-electron chi connectivity index (χ1n) is 9.80. The fourth-order valence-corrected chi connectivity index (χ4v) is 3.37. The number of hydrogen-bond acceptors (Lipinski definition) is 6. The fraction of sp³-hybridized carbons (Fsp3) is 0.524. The zero-order chi connectivity index (χ0) is 19.9. The van der Waals surface area contributed by atoms with E-state index in [1.54, 1.807) is 7.11 Å². The number of ether oxygens (including phenoxy) is 2. The van der Waals surface area contributed by atoms with Crippen LogP contribution < -0.4 is 4.90 Å². The summed E-state index contributed by atoms with van der Waals surface area (Å²) in [5.74, 6) is 0.686. The zero-order valence-corrected chi connectivity index (χ0v) is 16.9. The van der Waals surface area contributed by atoms with E-state index in [0.717, 1.165) is 42.2 Å². The molecule has 3 rings (SSSR count). The monoisotopic (exact) mass is 387 g/mol. The van der Waals surface area contributed by atoms with Gasteiger partial charge in [-0.05, 0) is 13.3 Å². The second-order valence-corrected chi connectivity index (χ2v) is 6.99. The van der Waals surface area contributed by atoms with Crippen molar-refractivity contribution in [3.63, 3.8) is 0 Å². The lowest BCUT2D eigenvalue weighted by molar-refractivity contribution is -0.138. The van der Waals surface area contributed by atoms with Gasteiger partial charge < -0.3 is 23.8 Å². The fourth-order valence-electron chi connectivity index (χ4n) is 3.37. The summed E-state index contributed by atoms with van der Waals surface area (Å²) in [6.45, 7) is 7.40. The molecule has 0 bridgehead atoms. The Hall–Kier alpha value is -2.38. The van der Waals surface area contributed by atoms with Gasteiger partial charge in [-0.1, -0.05) is 42.4 Å². The molecular weight excluding hydrogens is 358 g/mol. The van der Waals surface area contributed by atoms with E-state index >= 15 is 0 Å². The topological polar surface area (TPSA) is 68.0 Å². The summed E-state index contributed by atoms with van der Waals surface area (Å²) in [4.78, 5) is 16.7. The van der Waals surface area contributed by atoms with Crippen LogP contribution in [0.5, 0.6) is 0 Å². The van der Waals surface area contributed by atoms with Gasteiger partial charge in [0.2, 0.25) is 11.8 Å². The first kappa shape index (κ1) is 20.4. The highest BCUT2D eigenvalue weighted by Gasteiger charge is 2.28.